The molecular formula is C14H15N5O3S. The van der Waals surface area contributed by atoms with Crippen LogP contribution < -0.4 is 10.9 Å². The van der Waals surface area contributed by atoms with E-state index in [1.165, 1.54) is 37.4 Å². The third-order valence-electron chi connectivity index (χ3n) is 3.48. The summed E-state index contributed by atoms with van der Waals surface area (Å²) >= 11 is 1.37. The van der Waals surface area contributed by atoms with E-state index in [1.807, 2.05) is 0 Å². The molecule has 3 rings (SSSR count). The van der Waals surface area contributed by atoms with Crippen molar-refractivity contribution in [1.29, 1.82) is 0 Å². The monoisotopic (exact) mass is 333 g/mol. The average Bonchev–Trinajstić information content (AvgIpc) is 2.89. The molecule has 1 aliphatic heterocycles. The van der Waals surface area contributed by atoms with Gasteiger partial charge in [-0.1, -0.05) is 11.3 Å². The summed E-state index contributed by atoms with van der Waals surface area (Å²) in [4.78, 5) is 42.0. The van der Waals surface area contributed by atoms with Gasteiger partial charge in [-0.25, -0.2) is 9.67 Å². The van der Waals surface area contributed by atoms with E-state index >= 15 is 0 Å². The van der Waals surface area contributed by atoms with Crippen LogP contribution >= 0.6 is 11.3 Å². The van der Waals surface area contributed by atoms with Crippen LogP contribution in [0.2, 0.25) is 0 Å². The minimum atomic E-state index is -0.259. The topological polar surface area (TPSA) is 97.2 Å². The first-order valence-electron chi connectivity index (χ1n) is 7.04. The van der Waals surface area contributed by atoms with Crippen molar-refractivity contribution in [3.63, 3.8) is 0 Å². The van der Waals surface area contributed by atoms with Crippen molar-refractivity contribution in [2.45, 2.75) is 19.9 Å². The zero-order chi connectivity index (χ0) is 16.6. The predicted molar refractivity (Wildman–Crippen MR) is 84.3 cm³/mol. The van der Waals surface area contributed by atoms with E-state index in [0.29, 0.717) is 24.6 Å². The fourth-order valence-corrected chi connectivity index (χ4v) is 3.42. The van der Waals surface area contributed by atoms with E-state index in [4.69, 9.17) is 0 Å². The van der Waals surface area contributed by atoms with Gasteiger partial charge in [-0.05, 0) is 6.07 Å². The van der Waals surface area contributed by atoms with E-state index < -0.39 is 0 Å². The lowest BCUT2D eigenvalue weighted by Gasteiger charge is -2.25. The molecule has 0 bridgehead atoms. The lowest BCUT2D eigenvalue weighted by Crippen LogP contribution is -2.37. The fourth-order valence-electron chi connectivity index (χ4n) is 2.35. The van der Waals surface area contributed by atoms with Crippen LogP contribution in [0.5, 0.6) is 0 Å². The van der Waals surface area contributed by atoms with E-state index in [2.05, 4.69) is 15.4 Å². The number of rotatable bonds is 2. The average molecular weight is 333 g/mol. The molecule has 0 saturated heterocycles. The molecule has 0 aromatic carbocycles. The SMILES string of the molecule is CC(=O)Nc1nc2c(s1)CN(C(=O)c1ccc(=O)n(C)n1)CC2. The van der Waals surface area contributed by atoms with E-state index in [9.17, 15) is 14.4 Å². The zero-order valence-corrected chi connectivity index (χ0v) is 13.5. The van der Waals surface area contributed by atoms with Gasteiger partial charge in [0.15, 0.2) is 5.13 Å². The van der Waals surface area contributed by atoms with Gasteiger partial charge < -0.3 is 10.2 Å². The summed E-state index contributed by atoms with van der Waals surface area (Å²) in [6.45, 7) is 2.39. The summed E-state index contributed by atoms with van der Waals surface area (Å²) in [7, 11) is 1.51. The standard InChI is InChI=1S/C14H15N5O3S/c1-8(20)15-14-16-9-5-6-19(7-11(9)23-14)13(22)10-3-4-12(21)18(2)17-10/h3-4H,5-7H2,1-2H3,(H,15,16,20). The van der Waals surface area contributed by atoms with Gasteiger partial charge >= 0.3 is 0 Å². The van der Waals surface area contributed by atoms with Gasteiger partial charge in [0.25, 0.3) is 11.5 Å². The number of anilines is 1. The number of hydrogen-bond acceptors (Lipinski definition) is 6. The molecule has 0 radical (unpaired) electrons. The Morgan fingerprint density at radius 3 is 2.83 bits per heavy atom. The molecule has 0 atom stereocenters. The van der Waals surface area contributed by atoms with Gasteiger partial charge in [0.1, 0.15) is 5.69 Å². The lowest BCUT2D eigenvalue weighted by atomic mass is 10.1. The molecule has 1 aliphatic rings. The number of carbonyl (C=O) groups excluding carboxylic acids is 2. The minimum absolute atomic E-state index is 0.168. The van der Waals surface area contributed by atoms with Gasteiger partial charge in [0.05, 0.1) is 12.2 Å². The second-order valence-corrected chi connectivity index (χ2v) is 6.31. The number of aryl methyl sites for hydroxylation is 1. The molecule has 3 heterocycles. The second-order valence-electron chi connectivity index (χ2n) is 5.23. The van der Waals surface area contributed by atoms with Crippen LogP contribution in [0.15, 0.2) is 16.9 Å². The summed E-state index contributed by atoms with van der Waals surface area (Å²) in [6, 6.07) is 2.77. The van der Waals surface area contributed by atoms with Crippen molar-refractivity contribution in [1.82, 2.24) is 19.7 Å². The van der Waals surface area contributed by atoms with Gasteiger partial charge in [0, 0.05) is 37.9 Å². The highest BCUT2D eigenvalue weighted by Crippen LogP contribution is 2.28. The van der Waals surface area contributed by atoms with Crippen LogP contribution in [0.4, 0.5) is 5.13 Å². The fraction of sp³-hybridized carbons (Fsp3) is 0.357. The maximum absolute atomic E-state index is 12.5. The number of carbonyl (C=O) groups is 2. The van der Waals surface area contributed by atoms with Crippen molar-refractivity contribution in [2.75, 3.05) is 11.9 Å². The first-order chi connectivity index (χ1) is 10.9. The number of amides is 2. The molecule has 1 N–H and O–H groups in total. The Balaban J connectivity index is 1.79. The molecule has 2 aromatic heterocycles. The molecule has 9 heteroatoms. The van der Waals surface area contributed by atoms with Gasteiger partial charge in [0.2, 0.25) is 5.91 Å². The third-order valence-corrected chi connectivity index (χ3v) is 4.48. The van der Waals surface area contributed by atoms with Crippen LogP contribution in [0.1, 0.15) is 28.0 Å². The third kappa shape index (κ3) is 3.14. The Morgan fingerprint density at radius 2 is 2.13 bits per heavy atom. The highest BCUT2D eigenvalue weighted by atomic mass is 32.1. The summed E-state index contributed by atoms with van der Waals surface area (Å²) in [5, 5.41) is 7.21. The van der Waals surface area contributed by atoms with Crippen molar-refractivity contribution in [3.8, 4) is 0 Å². The quantitative estimate of drug-likeness (QED) is 0.858. The minimum Gasteiger partial charge on any atom is -0.332 e. The first-order valence-corrected chi connectivity index (χ1v) is 7.85. The van der Waals surface area contributed by atoms with Crippen LogP contribution in [0.25, 0.3) is 0 Å². The largest absolute Gasteiger partial charge is 0.332 e. The van der Waals surface area contributed by atoms with Crippen molar-refractivity contribution in [3.05, 3.63) is 38.8 Å². The Kier molecular flexibility index (Phi) is 3.95. The molecule has 0 saturated carbocycles. The smallest absolute Gasteiger partial charge is 0.274 e. The maximum Gasteiger partial charge on any atom is 0.274 e. The second kappa shape index (κ2) is 5.92. The summed E-state index contributed by atoms with van der Waals surface area (Å²) in [5.74, 6) is -0.390. The number of thiazole rings is 1. The van der Waals surface area contributed by atoms with Gasteiger partial charge in [-0.15, -0.1) is 0 Å². The molecule has 0 unspecified atom stereocenters. The van der Waals surface area contributed by atoms with Gasteiger partial charge in [-0.3, -0.25) is 14.4 Å². The first kappa shape index (κ1) is 15.3. The Bertz CT molecular complexity index is 841. The zero-order valence-electron chi connectivity index (χ0n) is 12.7. The number of aromatic nitrogens is 3. The molecule has 0 aliphatic carbocycles. The highest BCUT2D eigenvalue weighted by molar-refractivity contribution is 7.15. The highest BCUT2D eigenvalue weighted by Gasteiger charge is 2.26. The number of nitrogens with zero attached hydrogens (tertiary/aromatic N) is 4. The van der Waals surface area contributed by atoms with Crippen LogP contribution in [-0.4, -0.2) is 38.0 Å². The predicted octanol–water partition coefficient (Wildman–Crippen LogP) is 0.394. The molecular weight excluding hydrogens is 318 g/mol. The van der Waals surface area contributed by atoms with E-state index in [1.54, 1.807) is 4.90 Å². The molecule has 23 heavy (non-hydrogen) atoms. The van der Waals surface area contributed by atoms with Crippen molar-refractivity contribution in [2.24, 2.45) is 7.05 Å². The Morgan fingerprint density at radius 1 is 1.35 bits per heavy atom. The molecule has 2 amide bonds. The lowest BCUT2D eigenvalue weighted by molar-refractivity contribution is -0.114. The molecule has 120 valence electrons. The van der Waals surface area contributed by atoms with E-state index in [0.717, 1.165) is 15.3 Å². The van der Waals surface area contributed by atoms with Crippen LogP contribution in [0.3, 0.4) is 0 Å². The van der Waals surface area contributed by atoms with E-state index in [-0.39, 0.29) is 23.1 Å². The Hall–Kier alpha value is -2.55. The van der Waals surface area contributed by atoms with Crippen molar-refractivity contribution >= 4 is 28.3 Å². The Labute approximate surface area is 135 Å². The summed E-state index contributed by atoms with van der Waals surface area (Å²) in [5.41, 5.74) is 0.892. The van der Waals surface area contributed by atoms with Crippen LogP contribution in [-0.2, 0) is 24.8 Å². The summed E-state index contributed by atoms with van der Waals surface area (Å²) in [6.07, 6.45) is 0.628. The molecule has 2 aromatic rings. The maximum atomic E-state index is 12.5. The number of fused-ring (bicyclic) bond motifs is 1. The number of nitrogens with one attached hydrogen (secondary N) is 1. The van der Waals surface area contributed by atoms with Crippen molar-refractivity contribution < 1.29 is 9.59 Å². The molecule has 0 fully saturated rings. The summed E-state index contributed by atoms with van der Waals surface area (Å²) < 4.78 is 1.14. The number of hydrogen-bond donors (Lipinski definition) is 1. The molecule has 0 spiro atoms. The van der Waals surface area contributed by atoms with Crippen LogP contribution in [0, 0.1) is 0 Å². The normalized spacial score (nSPS) is 13.6. The van der Waals surface area contributed by atoms with Gasteiger partial charge in [-0.2, -0.15) is 5.10 Å². The molecule has 8 nitrogen and oxygen atoms in total.